The van der Waals surface area contributed by atoms with E-state index in [2.05, 4.69) is 169 Å². The van der Waals surface area contributed by atoms with Crippen molar-refractivity contribution < 1.29 is 8.83 Å². The first-order valence-corrected chi connectivity index (χ1v) is 19.2. The van der Waals surface area contributed by atoms with Gasteiger partial charge >= 0.3 is 0 Å². The number of benzene rings is 9. The molecule has 268 valence electrons. The van der Waals surface area contributed by atoms with E-state index in [9.17, 15) is 0 Å². The highest BCUT2D eigenvalue weighted by molar-refractivity contribution is 6.17. The Morgan fingerprint density at radius 2 is 0.947 bits per heavy atom. The summed E-state index contributed by atoms with van der Waals surface area (Å²) in [6.07, 6.45) is 0. The second kappa shape index (κ2) is 13.6. The lowest BCUT2D eigenvalue weighted by atomic mass is 9.99. The van der Waals surface area contributed by atoms with E-state index in [0.29, 0.717) is 5.89 Å². The van der Waals surface area contributed by atoms with Crippen molar-refractivity contribution in [3.05, 3.63) is 206 Å². The number of anilines is 3. The first-order valence-electron chi connectivity index (χ1n) is 19.2. The van der Waals surface area contributed by atoms with Crippen LogP contribution in [0.5, 0.6) is 0 Å². The molecule has 11 aromatic rings. The molecule has 0 fully saturated rings. The van der Waals surface area contributed by atoms with Gasteiger partial charge in [0.25, 0.3) is 0 Å². The van der Waals surface area contributed by atoms with Gasteiger partial charge in [-0.15, -0.1) is 0 Å². The van der Waals surface area contributed by atoms with E-state index in [0.717, 1.165) is 72.4 Å². The van der Waals surface area contributed by atoms with E-state index in [-0.39, 0.29) is 0 Å². The van der Waals surface area contributed by atoms with Gasteiger partial charge in [-0.1, -0.05) is 133 Å². The topological polar surface area (TPSA) is 42.4 Å². The van der Waals surface area contributed by atoms with Crippen molar-refractivity contribution >= 4 is 60.9 Å². The molecule has 0 unspecified atom stereocenters. The van der Waals surface area contributed by atoms with Crippen LogP contribution in [0.4, 0.5) is 17.1 Å². The molecule has 0 atom stereocenters. The highest BCUT2D eigenvalue weighted by Crippen LogP contribution is 2.43. The summed E-state index contributed by atoms with van der Waals surface area (Å²) in [4.78, 5) is 7.27. The summed E-state index contributed by atoms with van der Waals surface area (Å²) >= 11 is 0. The molecule has 0 aliphatic heterocycles. The molecule has 9 aromatic carbocycles. The lowest BCUT2D eigenvalue weighted by Crippen LogP contribution is -2.11. The third-order valence-electron chi connectivity index (χ3n) is 10.9. The van der Waals surface area contributed by atoms with Gasteiger partial charge in [-0.05, 0) is 111 Å². The lowest BCUT2D eigenvalue weighted by Gasteiger charge is -2.28. The summed E-state index contributed by atoms with van der Waals surface area (Å²) < 4.78 is 12.6. The maximum absolute atomic E-state index is 6.44. The van der Waals surface area contributed by atoms with Crippen molar-refractivity contribution in [3.63, 3.8) is 0 Å². The molecule has 2 heterocycles. The number of nitrogens with zero attached hydrogens (tertiary/aromatic N) is 2. The second-order valence-electron chi connectivity index (χ2n) is 14.4. The number of hydrogen-bond acceptors (Lipinski definition) is 4. The Morgan fingerprint density at radius 1 is 0.368 bits per heavy atom. The van der Waals surface area contributed by atoms with Crippen molar-refractivity contribution in [2.75, 3.05) is 4.90 Å². The minimum Gasteiger partial charge on any atom is -0.456 e. The van der Waals surface area contributed by atoms with Crippen molar-refractivity contribution in [2.24, 2.45) is 0 Å². The number of aromatic nitrogens is 1. The summed E-state index contributed by atoms with van der Waals surface area (Å²) in [5.74, 6) is 0.602. The van der Waals surface area contributed by atoms with E-state index in [4.69, 9.17) is 13.8 Å². The maximum atomic E-state index is 6.44. The molecule has 0 aliphatic carbocycles. The number of para-hydroxylation sites is 1. The number of rotatable bonds is 7. The third-order valence-corrected chi connectivity index (χ3v) is 10.9. The average Bonchev–Trinajstić information content (AvgIpc) is 3.89. The standard InChI is InChI=1S/C53H34N2O2/c1-3-12-38(13-4-1)45-17-9-10-18-47(45)55(43-26-21-36(22-27-43)41-20-19-35-11-7-8-16-40(35)33-41)44-28-23-37(24-29-44)42-25-30-46-50(34-42)56-48-31-32-49-52(51(46)48)54-53(57-49)39-14-5-2-6-15-39/h1-34H. The molecule has 0 radical (unpaired) electrons. The van der Waals surface area contributed by atoms with Crippen molar-refractivity contribution in [2.45, 2.75) is 0 Å². The highest BCUT2D eigenvalue weighted by atomic mass is 16.4. The Hall–Kier alpha value is -7.69. The quantitative estimate of drug-likeness (QED) is 0.164. The summed E-state index contributed by atoms with van der Waals surface area (Å²) in [6.45, 7) is 0. The van der Waals surface area contributed by atoms with Crippen molar-refractivity contribution in [1.82, 2.24) is 4.98 Å². The number of furan rings is 1. The molecule has 0 N–H and O–H groups in total. The van der Waals surface area contributed by atoms with Gasteiger partial charge in [-0.25, -0.2) is 4.98 Å². The van der Waals surface area contributed by atoms with E-state index in [1.165, 1.54) is 27.5 Å². The third kappa shape index (κ3) is 5.83. The smallest absolute Gasteiger partial charge is 0.227 e. The number of fused-ring (bicyclic) bond motifs is 6. The minimum absolute atomic E-state index is 0.602. The molecule has 0 saturated carbocycles. The zero-order chi connectivity index (χ0) is 37.7. The Kier molecular flexibility index (Phi) is 7.78. The van der Waals surface area contributed by atoms with Crippen molar-refractivity contribution in [3.8, 4) is 44.8 Å². The van der Waals surface area contributed by atoms with Crippen LogP contribution in [0.1, 0.15) is 0 Å². The van der Waals surface area contributed by atoms with Gasteiger partial charge in [0, 0.05) is 27.9 Å². The zero-order valence-corrected chi connectivity index (χ0v) is 30.8. The van der Waals surface area contributed by atoms with Crippen LogP contribution in [0.3, 0.4) is 0 Å². The summed E-state index contributed by atoms with van der Waals surface area (Å²) in [5, 5.41) is 4.46. The predicted octanol–water partition coefficient (Wildman–Crippen LogP) is 15.0. The number of hydrogen-bond donors (Lipinski definition) is 0. The van der Waals surface area contributed by atoms with Crippen LogP contribution in [-0.2, 0) is 0 Å². The second-order valence-corrected chi connectivity index (χ2v) is 14.4. The molecule has 2 aromatic heterocycles. The molecule has 11 rings (SSSR count). The van der Waals surface area contributed by atoms with Crippen LogP contribution in [0.15, 0.2) is 215 Å². The fraction of sp³-hybridized carbons (Fsp3) is 0. The molecule has 0 saturated heterocycles. The van der Waals surface area contributed by atoms with E-state index in [1.54, 1.807) is 0 Å². The van der Waals surface area contributed by atoms with Crippen LogP contribution in [0.25, 0.3) is 88.6 Å². The average molecular weight is 731 g/mol. The normalized spacial score (nSPS) is 11.5. The molecule has 57 heavy (non-hydrogen) atoms. The summed E-state index contributed by atoms with van der Waals surface area (Å²) in [5.41, 5.74) is 14.2. The Morgan fingerprint density at radius 3 is 1.68 bits per heavy atom. The van der Waals surface area contributed by atoms with Gasteiger partial charge in [0.05, 0.1) is 11.1 Å². The SMILES string of the molecule is c1ccc(-c2nc3c(ccc4oc5cc(-c6ccc(N(c7ccc(-c8ccc9ccccc9c8)cc7)c7ccccc7-c7ccccc7)cc6)ccc5c43)o2)cc1. The van der Waals surface area contributed by atoms with Gasteiger partial charge in [0.1, 0.15) is 16.7 Å². The van der Waals surface area contributed by atoms with E-state index >= 15 is 0 Å². The van der Waals surface area contributed by atoms with Gasteiger partial charge in [0.2, 0.25) is 5.89 Å². The van der Waals surface area contributed by atoms with Crippen molar-refractivity contribution in [1.29, 1.82) is 0 Å². The van der Waals surface area contributed by atoms with Gasteiger partial charge in [-0.2, -0.15) is 0 Å². The van der Waals surface area contributed by atoms with E-state index in [1.807, 2.05) is 42.5 Å². The van der Waals surface area contributed by atoms with Crippen LogP contribution in [0.2, 0.25) is 0 Å². The first kappa shape index (κ1) is 32.7. The minimum atomic E-state index is 0.602. The molecular weight excluding hydrogens is 697 g/mol. The molecule has 4 heteroatoms. The Balaban J connectivity index is 0.973. The molecule has 4 nitrogen and oxygen atoms in total. The van der Waals surface area contributed by atoms with Crippen LogP contribution < -0.4 is 4.90 Å². The molecule has 0 bridgehead atoms. The number of oxazole rings is 1. The van der Waals surface area contributed by atoms with Gasteiger partial charge < -0.3 is 13.7 Å². The highest BCUT2D eigenvalue weighted by Gasteiger charge is 2.19. The lowest BCUT2D eigenvalue weighted by molar-refractivity contribution is 0.619. The summed E-state index contributed by atoms with van der Waals surface area (Å²) in [7, 11) is 0. The maximum Gasteiger partial charge on any atom is 0.227 e. The van der Waals surface area contributed by atoms with Crippen LogP contribution in [0, 0.1) is 0 Å². The van der Waals surface area contributed by atoms with Crippen LogP contribution >= 0.6 is 0 Å². The van der Waals surface area contributed by atoms with Gasteiger partial charge in [0.15, 0.2) is 5.58 Å². The fourth-order valence-corrected chi connectivity index (χ4v) is 8.07. The molecular formula is C53H34N2O2. The molecule has 0 aliphatic rings. The van der Waals surface area contributed by atoms with Gasteiger partial charge in [-0.3, -0.25) is 0 Å². The first-order chi connectivity index (χ1) is 28.2. The zero-order valence-electron chi connectivity index (χ0n) is 30.8. The largest absolute Gasteiger partial charge is 0.456 e. The fourth-order valence-electron chi connectivity index (χ4n) is 8.07. The predicted molar refractivity (Wildman–Crippen MR) is 235 cm³/mol. The Bertz CT molecular complexity index is 3220. The molecule has 0 spiro atoms. The monoisotopic (exact) mass is 730 g/mol. The molecule has 0 amide bonds. The van der Waals surface area contributed by atoms with Crippen LogP contribution in [-0.4, -0.2) is 4.98 Å². The summed E-state index contributed by atoms with van der Waals surface area (Å²) in [6, 6.07) is 72.5. The van der Waals surface area contributed by atoms with E-state index < -0.39 is 0 Å². The Labute approximate surface area is 329 Å².